The molecule has 0 aliphatic carbocycles. The summed E-state index contributed by atoms with van der Waals surface area (Å²) in [6, 6.07) is 12.3. The molecule has 1 saturated heterocycles. The van der Waals surface area contributed by atoms with Crippen LogP contribution in [-0.4, -0.2) is 29.1 Å². The van der Waals surface area contributed by atoms with Crippen LogP contribution in [-0.2, 0) is 6.42 Å². The lowest BCUT2D eigenvalue weighted by atomic mass is 9.90. The predicted molar refractivity (Wildman–Crippen MR) is 86.3 cm³/mol. The zero-order chi connectivity index (χ0) is 15.4. The van der Waals surface area contributed by atoms with E-state index in [-0.39, 0.29) is 5.56 Å². The molecular weight excluding hydrogens is 276 g/mol. The summed E-state index contributed by atoms with van der Waals surface area (Å²) in [6.07, 6.45) is 6.54. The van der Waals surface area contributed by atoms with Crippen molar-refractivity contribution in [1.29, 1.82) is 0 Å². The Morgan fingerprint density at radius 3 is 2.59 bits per heavy atom. The Bertz CT molecular complexity index is 635. The highest BCUT2D eigenvalue weighted by molar-refractivity contribution is 5.88. The molecule has 2 aromatic rings. The Labute approximate surface area is 130 Å². The maximum Gasteiger partial charge on any atom is 0.337 e. The van der Waals surface area contributed by atoms with Gasteiger partial charge < -0.3 is 10.0 Å². The SMILES string of the molecule is O=C(O)c1cncc(N2CCC(Cc3ccccc3)CC2)c1. The van der Waals surface area contributed by atoms with E-state index < -0.39 is 5.97 Å². The lowest BCUT2D eigenvalue weighted by Crippen LogP contribution is -2.34. The first kappa shape index (κ1) is 14.6. The number of pyridine rings is 1. The Hall–Kier alpha value is -2.36. The van der Waals surface area contributed by atoms with Crippen LogP contribution in [0.25, 0.3) is 0 Å². The van der Waals surface area contributed by atoms with Crippen molar-refractivity contribution in [2.45, 2.75) is 19.3 Å². The number of rotatable bonds is 4. The largest absolute Gasteiger partial charge is 0.478 e. The van der Waals surface area contributed by atoms with Gasteiger partial charge in [-0.25, -0.2) is 4.79 Å². The maximum atomic E-state index is 11.0. The van der Waals surface area contributed by atoms with Crippen LogP contribution in [0.15, 0.2) is 48.8 Å². The van der Waals surface area contributed by atoms with Crippen molar-refractivity contribution in [3.05, 3.63) is 59.9 Å². The van der Waals surface area contributed by atoms with Gasteiger partial charge in [0, 0.05) is 19.3 Å². The van der Waals surface area contributed by atoms with Gasteiger partial charge in [0.2, 0.25) is 0 Å². The summed E-state index contributed by atoms with van der Waals surface area (Å²) in [4.78, 5) is 17.3. The van der Waals surface area contributed by atoms with Gasteiger partial charge in [0.15, 0.2) is 0 Å². The van der Waals surface area contributed by atoms with Gasteiger partial charge in [-0.15, -0.1) is 0 Å². The van der Waals surface area contributed by atoms with Crippen LogP contribution in [0.1, 0.15) is 28.8 Å². The average Bonchev–Trinajstić information content (AvgIpc) is 2.56. The minimum Gasteiger partial charge on any atom is -0.478 e. The zero-order valence-electron chi connectivity index (χ0n) is 12.5. The summed E-state index contributed by atoms with van der Waals surface area (Å²) < 4.78 is 0. The topological polar surface area (TPSA) is 53.4 Å². The monoisotopic (exact) mass is 296 g/mol. The quantitative estimate of drug-likeness (QED) is 0.941. The lowest BCUT2D eigenvalue weighted by molar-refractivity contribution is 0.0696. The smallest absolute Gasteiger partial charge is 0.337 e. The van der Waals surface area contributed by atoms with Gasteiger partial charge in [0.25, 0.3) is 0 Å². The Morgan fingerprint density at radius 2 is 1.91 bits per heavy atom. The molecule has 1 aliphatic heterocycles. The first-order chi connectivity index (χ1) is 10.7. The molecule has 4 heteroatoms. The summed E-state index contributed by atoms with van der Waals surface area (Å²) in [5, 5.41) is 9.06. The predicted octanol–water partition coefficient (Wildman–Crippen LogP) is 3.24. The van der Waals surface area contributed by atoms with E-state index in [9.17, 15) is 4.79 Å². The molecule has 2 heterocycles. The van der Waals surface area contributed by atoms with E-state index in [0.717, 1.165) is 38.0 Å². The number of carboxylic acid groups (broad SMARTS) is 1. The van der Waals surface area contributed by atoms with Crippen molar-refractivity contribution < 1.29 is 9.90 Å². The fourth-order valence-corrected chi connectivity index (χ4v) is 3.06. The zero-order valence-corrected chi connectivity index (χ0v) is 12.5. The van der Waals surface area contributed by atoms with Crippen LogP contribution in [0, 0.1) is 5.92 Å². The van der Waals surface area contributed by atoms with Gasteiger partial charge in [0.1, 0.15) is 0 Å². The molecule has 4 nitrogen and oxygen atoms in total. The highest BCUT2D eigenvalue weighted by Gasteiger charge is 2.20. The molecule has 0 unspecified atom stereocenters. The molecular formula is C18H20N2O2. The third-order valence-electron chi connectivity index (χ3n) is 4.32. The van der Waals surface area contributed by atoms with Crippen LogP contribution >= 0.6 is 0 Å². The van der Waals surface area contributed by atoms with E-state index in [2.05, 4.69) is 40.2 Å². The van der Waals surface area contributed by atoms with E-state index in [0.29, 0.717) is 5.92 Å². The van der Waals surface area contributed by atoms with E-state index in [1.165, 1.54) is 11.8 Å². The molecule has 0 bridgehead atoms. The summed E-state index contributed by atoms with van der Waals surface area (Å²) in [5.41, 5.74) is 2.57. The van der Waals surface area contributed by atoms with Gasteiger partial charge in [-0.3, -0.25) is 4.98 Å². The molecule has 1 aromatic heterocycles. The Morgan fingerprint density at radius 1 is 1.18 bits per heavy atom. The third kappa shape index (κ3) is 3.45. The van der Waals surface area contributed by atoms with Gasteiger partial charge in [-0.1, -0.05) is 30.3 Å². The molecule has 1 N–H and O–H groups in total. The minimum atomic E-state index is -0.923. The van der Waals surface area contributed by atoms with Gasteiger partial charge in [-0.2, -0.15) is 0 Å². The molecule has 22 heavy (non-hydrogen) atoms. The maximum absolute atomic E-state index is 11.0. The molecule has 0 atom stereocenters. The van der Waals surface area contributed by atoms with Crippen LogP contribution < -0.4 is 4.90 Å². The molecule has 0 radical (unpaired) electrons. The minimum absolute atomic E-state index is 0.254. The summed E-state index contributed by atoms with van der Waals surface area (Å²) in [6.45, 7) is 1.92. The first-order valence-electron chi connectivity index (χ1n) is 7.69. The van der Waals surface area contributed by atoms with Crippen molar-refractivity contribution in [2.75, 3.05) is 18.0 Å². The fourth-order valence-electron chi connectivity index (χ4n) is 3.06. The number of benzene rings is 1. The third-order valence-corrected chi connectivity index (χ3v) is 4.32. The number of piperidine rings is 1. The normalized spacial score (nSPS) is 15.7. The number of aromatic carboxylic acids is 1. The summed E-state index contributed by atoms with van der Waals surface area (Å²) in [5.74, 6) is -0.220. The van der Waals surface area contributed by atoms with Crippen molar-refractivity contribution in [3.8, 4) is 0 Å². The molecule has 0 spiro atoms. The van der Waals surface area contributed by atoms with E-state index in [1.54, 1.807) is 12.3 Å². The Kier molecular flexibility index (Phi) is 4.37. The lowest BCUT2D eigenvalue weighted by Gasteiger charge is -2.33. The summed E-state index contributed by atoms with van der Waals surface area (Å²) >= 11 is 0. The molecule has 1 fully saturated rings. The number of anilines is 1. The number of carboxylic acids is 1. The molecule has 1 aromatic carbocycles. The van der Waals surface area contributed by atoms with Gasteiger partial charge >= 0.3 is 5.97 Å². The number of hydrogen-bond acceptors (Lipinski definition) is 3. The van der Waals surface area contributed by atoms with E-state index in [1.807, 2.05) is 0 Å². The molecule has 0 amide bonds. The number of hydrogen-bond donors (Lipinski definition) is 1. The van der Waals surface area contributed by atoms with Crippen LogP contribution in [0.5, 0.6) is 0 Å². The van der Waals surface area contributed by atoms with Crippen molar-refractivity contribution in [1.82, 2.24) is 4.98 Å². The second-order valence-corrected chi connectivity index (χ2v) is 5.86. The van der Waals surface area contributed by atoms with Gasteiger partial charge in [0.05, 0.1) is 17.4 Å². The molecule has 3 rings (SSSR count). The van der Waals surface area contributed by atoms with E-state index in [4.69, 9.17) is 5.11 Å². The number of nitrogens with zero attached hydrogens (tertiary/aromatic N) is 2. The van der Waals surface area contributed by atoms with Gasteiger partial charge in [-0.05, 0) is 36.8 Å². The highest BCUT2D eigenvalue weighted by Crippen LogP contribution is 2.25. The van der Waals surface area contributed by atoms with Crippen molar-refractivity contribution >= 4 is 11.7 Å². The summed E-state index contributed by atoms with van der Waals surface area (Å²) in [7, 11) is 0. The second kappa shape index (κ2) is 6.60. The first-order valence-corrected chi connectivity index (χ1v) is 7.69. The van der Waals surface area contributed by atoms with Crippen molar-refractivity contribution in [3.63, 3.8) is 0 Å². The number of aromatic nitrogens is 1. The second-order valence-electron chi connectivity index (χ2n) is 5.86. The van der Waals surface area contributed by atoms with Crippen LogP contribution in [0.4, 0.5) is 5.69 Å². The van der Waals surface area contributed by atoms with E-state index >= 15 is 0 Å². The van der Waals surface area contributed by atoms with Crippen molar-refractivity contribution in [2.24, 2.45) is 5.92 Å². The number of carbonyl (C=O) groups is 1. The highest BCUT2D eigenvalue weighted by atomic mass is 16.4. The van der Waals surface area contributed by atoms with Crippen LogP contribution in [0.2, 0.25) is 0 Å². The van der Waals surface area contributed by atoms with Crippen LogP contribution in [0.3, 0.4) is 0 Å². The Balaban J connectivity index is 1.60. The average molecular weight is 296 g/mol. The standard InChI is InChI=1S/C18H20N2O2/c21-18(22)16-11-17(13-19-12-16)20-8-6-15(7-9-20)10-14-4-2-1-3-5-14/h1-5,11-13,15H,6-10H2,(H,21,22). The molecule has 114 valence electrons. The molecule has 0 saturated carbocycles. The molecule has 1 aliphatic rings. The fraction of sp³-hybridized carbons (Fsp3) is 0.333.